The van der Waals surface area contributed by atoms with Gasteiger partial charge in [-0.25, -0.2) is 9.97 Å². The molecule has 1 aromatic carbocycles. The first-order valence-corrected chi connectivity index (χ1v) is 6.35. The number of rotatable bonds is 2. The van der Waals surface area contributed by atoms with Gasteiger partial charge in [0.25, 0.3) is 5.91 Å². The molecule has 4 nitrogen and oxygen atoms in total. The Morgan fingerprint density at radius 1 is 1.28 bits per heavy atom. The SMILES string of the molecule is O=C(Nc1ncnc(Cl)c1Cl)c1cccc(Br)c1. The van der Waals surface area contributed by atoms with E-state index in [2.05, 4.69) is 31.2 Å². The largest absolute Gasteiger partial charge is 0.305 e. The standard InChI is InChI=1S/C11H6BrCl2N3O/c12-7-3-1-2-6(4-7)11(18)17-10-8(13)9(14)15-5-16-10/h1-5H,(H,15,16,17,18). The van der Waals surface area contributed by atoms with Crippen LogP contribution in [0.5, 0.6) is 0 Å². The zero-order chi connectivity index (χ0) is 13.1. The molecule has 1 N–H and O–H groups in total. The first-order valence-electron chi connectivity index (χ1n) is 4.81. The number of benzene rings is 1. The maximum Gasteiger partial charge on any atom is 0.256 e. The van der Waals surface area contributed by atoms with Gasteiger partial charge >= 0.3 is 0 Å². The van der Waals surface area contributed by atoms with Crippen molar-refractivity contribution in [1.29, 1.82) is 0 Å². The van der Waals surface area contributed by atoms with Gasteiger partial charge in [0.2, 0.25) is 0 Å². The molecule has 0 saturated heterocycles. The zero-order valence-electron chi connectivity index (χ0n) is 8.82. The first-order chi connectivity index (χ1) is 8.58. The second-order valence-corrected chi connectivity index (χ2v) is 4.94. The van der Waals surface area contributed by atoms with E-state index in [1.807, 2.05) is 6.07 Å². The predicted octanol–water partition coefficient (Wildman–Crippen LogP) is 3.80. The van der Waals surface area contributed by atoms with Crippen LogP contribution < -0.4 is 5.32 Å². The normalized spacial score (nSPS) is 10.2. The molecule has 92 valence electrons. The molecule has 18 heavy (non-hydrogen) atoms. The van der Waals surface area contributed by atoms with Crippen LogP contribution in [0.3, 0.4) is 0 Å². The molecule has 7 heteroatoms. The first kappa shape index (κ1) is 13.3. The maximum absolute atomic E-state index is 11.9. The van der Waals surface area contributed by atoms with Crippen molar-refractivity contribution in [3.63, 3.8) is 0 Å². The maximum atomic E-state index is 11.9. The van der Waals surface area contributed by atoms with Crippen LogP contribution in [-0.2, 0) is 0 Å². The number of hydrogen-bond acceptors (Lipinski definition) is 3. The van der Waals surface area contributed by atoms with Gasteiger partial charge in [0, 0.05) is 10.0 Å². The van der Waals surface area contributed by atoms with E-state index in [-0.39, 0.29) is 21.9 Å². The van der Waals surface area contributed by atoms with Crippen LogP contribution in [0.25, 0.3) is 0 Å². The van der Waals surface area contributed by atoms with Gasteiger partial charge in [-0.15, -0.1) is 0 Å². The Bertz CT molecular complexity index is 607. The highest BCUT2D eigenvalue weighted by atomic mass is 79.9. The van der Waals surface area contributed by atoms with Crippen LogP contribution in [0.2, 0.25) is 10.2 Å². The molecule has 0 aliphatic rings. The zero-order valence-corrected chi connectivity index (χ0v) is 11.9. The van der Waals surface area contributed by atoms with Crippen molar-refractivity contribution in [2.75, 3.05) is 5.32 Å². The van der Waals surface area contributed by atoms with Crippen LogP contribution in [0.15, 0.2) is 35.1 Å². The molecule has 0 unspecified atom stereocenters. The van der Waals surface area contributed by atoms with Gasteiger partial charge in [0.15, 0.2) is 11.0 Å². The van der Waals surface area contributed by atoms with Crippen LogP contribution in [0.4, 0.5) is 5.82 Å². The van der Waals surface area contributed by atoms with E-state index in [1.165, 1.54) is 6.33 Å². The summed E-state index contributed by atoms with van der Waals surface area (Å²) >= 11 is 14.9. The van der Waals surface area contributed by atoms with Gasteiger partial charge in [-0.05, 0) is 18.2 Å². The smallest absolute Gasteiger partial charge is 0.256 e. The van der Waals surface area contributed by atoms with Gasteiger partial charge in [-0.2, -0.15) is 0 Å². The molecular weight excluding hydrogens is 341 g/mol. The summed E-state index contributed by atoms with van der Waals surface area (Å²) in [7, 11) is 0. The fourth-order valence-electron chi connectivity index (χ4n) is 1.24. The molecule has 1 amide bonds. The summed E-state index contributed by atoms with van der Waals surface area (Å²) in [5.74, 6) is -0.144. The van der Waals surface area contributed by atoms with Crippen molar-refractivity contribution < 1.29 is 4.79 Å². The van der Waals surface area contributed by atoms with Crippen LogP contribution in [0.1, 0.15) is 10.4 Å². The third kappa shape index (κ3) is 2.98. The summed E-state index contributed by atoms with van der Waals surface area (Å²) in [4.78, 5) is 19.5. The number of hydrogen-bond donors (Lipinski definition) is 1. The lowest BCUT2D eigenvalue weighted by Gasteiger charge is -2.06. The molecular formula is C11H6BrCl2N3O. The fourth-order valence-corrected chi connectivity index (χ4v) is 1.92. The molecule has 0 spiro atoms. The number of carbonyl (C=O) groups excluding carboxylic acids is 1. The van der Waals surface area contributed by atoms with Crippen molar-refractivity contribution in [1.82, 2.24) is 9.97 Å². The van der Waals surface area contributed by atoms with E-state index >= 15 is 0 Å². The summed E-state index contributed by atoms with van der Waals surface area (Å²) in [5.41, 5.74) is 0.482. The minimum atomic E-state index is -0.326. The second-order valence-electron chi connectivity index (χ2n) is 3.29. The van der Waals surface area contributed by atoms with E-state index < -0.39 is 0 Å². The van der Waals surface area contributed by atoms with E-state index in [1.54, 1.807) is 18.2 Å². The van der Waals surface area contributed by atoms with E-state index in [0.29, 0.717) is 5.56 Å². The van der Waals surface area contributed by atoms with Crippen molar-refractivity contribution in [2.24, 2.45) is 0 Å². The Balaban J connectivity index is 2.24. The number of nitrogens with zero attached hydrogens (tertiary/aromatic N) is 2. The van der Waals surface area contributed by atoms with Crippen molar-refractivity contribution in [2.45, 2.75) is 0 Å². The molecule has 2 aromatic rings. The monoisotopic (exact) mass is 345 g/mol. The van der Waals surface area contributed by atoms with Crippen LogP contribution in [0, 0.1) is 0 Å². The Labute approximate surface area is 121 Å². The van der Waals surface area contributed by atoms with Crippen LogP contribution >= 0.6 is 39.1 Å². The Kier molecular flexibility index (Phi) is 4.16. The third-order valence-electron chi connectivity index (χ3n) is 2.07. The molecule has 0 fully saturated rings. The lowest BCUT2D eigenvalue weighted by Crippen LogP contribution is -2.13. The van der Waals surface area contributed by atoms with Crippen molar-refractivity contribution >= 4 is 50.9 Å². The number of nitrogens with one attached hydrogen (secondary N) is 1. The van der Waals surface area contributed by atoms with Crippen molar-refractivity contribution in [3.05, 3.63) is 50.8 Å². The molecule has 1 heterocycles. The molecule has 0 radical (unpaired) electrons. The lowest BCUT2D eigenvalue weighted by molar-refractivity contribution is 0.102. The highest BCUT2D eigenvalue weighted by Gasteiger charge is 2.12. The van der Waals surface area contributed by atoms with Gasteiger partial charge in [0.05, 0.1) is 0 Å². The topological polar surface area (TPSA) is 54.9 Å². The average molecular weight is 347 g/mol. The molecule has 0 bridgehead atoms. The van der Waals surface area contributed by atoms with Crippen LogP contribution in [-0.4, -0.2) is 15.9 Å². The number of anilines is 1. The average Bonchev–Trinajstić information content (AvgIpc) is 2.35. The fraction of sp³-hybridized carbons (Fsp3) is 0. The van der Waals surface area contributed by atoms with E-state index in [0.717, 1.165) is 4.47 Å². The number of amides is 1. The predicted molar refractivity (Wildman–Crippen MR) is 74.1 cm³/mol. The summed E-state index contributed by atoms with van der Waals surface area (Å²) in [6, 6.07) is 6.95. The van der Waals surface area contributed by atoms with Crippen molar-refractivity contribution in [3.8, 4) is 0 Å². The minimum absolute atomic E-state index is 0.0937. The summed E-state index contributed by atoms with van der Waals surface area (Å²) in [5, 5.41) is 2.77. The number of carbonyl (C=O) groups is 1. The quantitative estimate of drug-likeness (QED) is 0.841. The molecule has 1 aromatic heterocycles. The summed E-state index contributed by atoms with van der Waals surface area (Å²) in [6.45, 7) is 0. The molecule has 0 aliphatic carbocycles. The number of halogens is 3. The van der Waals surface area contributed by atoms with Gasteiger partial charge in [0.1, 0.15) is 11.3 Å². The Morgan fingerprint density at radius 2 is 2.06 bits per heavy atom. The van der Waals surface area contributed by atoms with Gasteiger partial charge < -0.3 is 5.32 Å². The Hall–Kier alpha value is -1.17. The molecule has 0 atom stereocenters. The molecule has 0 saturated carbocycles. The highest BCUT2D eigenvalue weighted by Crippen LogP contribution is 2.25. The molecule has 0 aliphatic heterocycles. The second kappa shape index (κ2) is 5.65. The molecule has 2 rings (SSSR count). The minimum Gasteiger partial charge on any atom is -0.305 e. The number of aromatic nitrogens is 2. The highest BCUT2D eigenvalue weighted by molar-refractivity contribution is 9.10. The van der Waals surface area contributed by atoms with Gasteiger partial charge in [-0.3, -0.25) is 4.79 Å². The lowest BCUT2D eigenvalue weighted by atomic mass is 10.2. The van der Waals surface area contributed by atoms with E-state index in [4.69, 9.17) is 23.2 Å². The summed E-state index contributed by atoms with van der Waals surface area (Å²) < 4.78 is 0.807. The Morgan fingerprint density at radius 3 is 2.78 bits per heavy atom. The van der Waals surface area contributed by atoms with Gasteiger partial charge in [-0.1, -0.05) is 45.2 Å². The van der Waals surface area contributed by atoms with E-state index in [9.17, 15) is 4.79 Å². The summed E-state index contributed by atoms with van der Waals surface area (Å²) in [6.07, 6.45) is 1.23. The third-order valence-corrected chi connectivity index (χ3v) is 3.30.